The predicted octanol–water partition coefficient (Wildman–Crippen LogP) is 4.12. The monoisotopic (exact) mass is 345 g/mol. The molecule has 0 fully saturated rings. The first-order valence-corrected chi connectivity index (χ1v) is 7.68. The minimum atomic E-state index is 0.702. The second-order valence-corrected chi connectivity index (χ2v) is 6.13. The van der Waals surface area contributed by atoms with Crippen LogP contribution < -0.4 is 5.32 Å². The predicted molar refractivity (Wildman–Crippen MR) is 80.1 cm³/mol. The highest BCUT2D eigenvalue weighted by Gasteiger charge is 2.08. The molecule has 2 aromatic rings. The topological polar surface area (TPSA) is 37.8 Å². The van der Waals surface area contributed by atoms with Crippen molar-refractivity contribution in [3.63, 3.8) is 0 Å². The standard InChI is InChI=1S/C12H13BrClN3S/c1-2-5-15-7-11-16-17-12(18-11)8-3-4-10(14)9(13)6-8/h3-4,6,15H,2,5,7H2,1H3. The molecule has 0 aliphatic rings. The Hall–Kier alpha value is -0.490. The van der Waals surface area contributed by atoms with Crippen molar-refractivity contribution in [2.75, 3.05) is 6.54 Å². The number of hydrogen-bond acceptors (Lipinski definition) is 4. The van der Waals surface area contributed by atoms with Gasteiger partial charge in [-0.05, 0) is 41.0 Å². The van der Waals surface area contributed by atoms with Crippen LogP contribution in [0.1, 0.15) is 18.4 Å². The van der Waals surface area contributed by atoms with Gasteiger partial charge in [-0.2, -0.15) is 0 Å². The third-order valence-electron chi connectivity index (χ3n) is 2.34. The maximum absolute atomic E-state index is 5.97. The van der Waals surface area contributed by atoms with Crippen molar-refractivity contribution in [1.82, 2.24) is 15.5 Å². The first-order chi connectivity index (χ1) is 8.70. The lowest BCUT2D eigenvalue weighted by atomic mass is 10.2. The Morgan fingerprint density at radius 2 is 2.22 bits per heavy atom. The number of aromatic nitrogens is 2. The maximum atomic E-state index is 5.97. The van der Waals surface area contributed by atoms with Crippen molar-refractivity contribution in [3.05, 3.63) is 32.7 Å². The fraction of sp³-hybridized carbons (Fsp3) is 0.333. The summed E-state index contributed by atoms with van der Waals surface area (Å²) in [5.74, 6) is 0. The van der Waals surface area contributed by atoms with Crippen molar-refractivity contribution >= 4 is 38.9 Å². The van der Waals surface area contributed by atoms with Gasteiger partial charge in [0.15, 0.2) is 0 Å². The summed E-state index contributed by atoms with van der Waals surface area (Å²) in [6.07, 6.45) is 1.12. The van der Waals surface area contributed by atoms with E-state index >= 15 is 0 Å². The number of nitrogens with one attached hydrogen (secondary N) is 1. The van der Waals surface area contributed by atoms with E-state index in [-0.39, 0.29) is 0 Å². The molecule has 96 valence electrons. The minimum Gasteiger partial charge on any atom is -0.310 e. The van der Waals surface area contributed by atoms with Gasteiger partial charge in [0.05, 0.1) is 5.02 Å². The van der Waals surface area contributed by atoms with E-state index in [9.17, 15) is 0 Å². The van der Waals surface area contributed by atoms with E-state index < -0.39 is 0 Å². The van der Waals surface area contributed by atoms with Crippen LogP contribution in [0.15, 0.2) is 22.7 Å². The first-order valence-electron chi connectivity index (χ1n) is 5.69. The SMILES string of the molecule is CCCNCc1nnc(-c2ccc(Cl)c(Br)c2)s1. The lowest BCUT2D eigenvalue weighted by Crippen LogP contribution is -2.13. The molecule has 0 amide bonds. The number of benzene rings is 1. The zero-order valence-electron chi connectivity index (χ0n) is 9.91. The largest absolute Gasteiger partial charge is 0.310 e. The van der Waals surface area contributed by atoms with Crippen LogP contribution in [0.4, 0.5) is 0 Å². The van der Waals surface area contributed by atoms with Crippen LogP contribution in [-0.4, -0.2) is 16.7 Å². The molecule has 1 heterocycles. The molecule has 0 radical (unpaired) electrons. The molecule has 1 aromatic heterocycles. The molecule has 0 aliphatic heterocycles. The van der Waals surface area contributed by atoms with E-state index in [2.05, 4.69) is 38.4 Å². The number of halogens is 2. The average Bonchev–Trinajstić information content (AvgIpc) is 2.82. The molecule has 3 nitrogen and oxygen atoms in total. The normalized spacial score (nSPS) is 10.8. The number of nitrogens with zero attached hydrogens (tertiary/aromatic N) is 2. The van der Waals surface area contributed by atoms with E-state index in [0.29, 0.717) is 5.02 Å². The summed E-state index contributed by atoms with van der Waals surface area (Å²) in [5, 5.41) is 14.3. The van der Waals surface area contributed by atoms with E-state index in [1.165, 1.54) is 0 Å². The summed E-state index contributed by atoms with van der Waals surface area (Å²) in [6.45, 7) is 3.92. The molecular weight excluding hydrogens is 334 g/mol. The van der Waals surface area contributed by atoms with Crippen LogP contribution in [-0.2, 0) is 6.54 Å². The summed E-state index contributed by atoms with van der Waals surface area (Å²) in [5.41, 5.74) is 1.03. The van der Waals surface area contributed by atoms with Crippen LogP contribution in [0.5, 0.6) is 0 Å². The lowest BCUT2D eigenvalue weighted by Gasteiger charge is -1.99. The van der Waals surface area contributed by atoms with Crippen molar-refractivity contribution in [2.24, 2.45) is 0 Å². The Balaban J connectivity index is 2.11. The van der Waals surface area contributed by atoms with Gasteiger partial charge < -0.3 is 5.32 Å². The summed E-state index contributed by atoms with van der Waals surface area (Å²) in [6, 6.07) is 5.78. The Kier molecular flexibility index (Phi) is 5.12. The highest BCUT2D eigenvalue weighted by atomic mass is 79.9. The zero-order valence-corrected chi connectivity index (χ0v) is 13.1. The quantitative estimate of drug-likeness (QED) is 0.828. The van der Waals surface area contributed by atoms with E-state index in [0.717, 1.165) is 39.6 Å². The molecule has 0 saturated heterocycles. The van der Waals surface area contributed by atoms with Gasteiger partial charge in [0.25, 0.3) is 0 Å². The number of hydrogen-bond donors (Lipinski definition) is 1. The zero-order chi connectivity index (χ0) is 13.0. The fourth-order valence-corrected chi connectivity index (χ4v) is 2.74. The summed E-state index contributed by atoms with van der Waals surface area (Å²) < 4.78 is 0.877. The first kappa shape index (κ1) is 13.9. The Labute approximate surface area is 124 Å². The second-order valence-electron chi connectivity index (χ2n) is 3.81. The van der Waals surface area contributed by atoms with Crippen LogP contribution in [0.3, 0.4) is 0 Å². The maximum Gasteiger partial charge on any atom is 0.147 e. The number of rotatable bonds is 5. The molecule has 0 spiro atoms. The fourth-order valence-electron chi connectivity index (χ4n) is 1.44. The summed E-state index contributed by atoms with van der Waals surface area (Å²) in [4.78, 5) is 0. The molecule has 0 bridgehead atoms. The average molecular weight is 347 g/mol. The molecule has 2 rings (SSSR count). The van der Waals surface area contributed by atoms with Gasteiger partial charge in [-0.3, -0.25) is 0 Å². The molecule has 18 heavy (non-hydrogen) atoms. The Morgan fingerprint density at radius 1 is 1.39 bits per heavy atom. The third kappa shape index (κ3) is 3.51. The van der Waals surface area contributed by atoms with Crippen LogP contribution in [0.25, 0.3) is 10.6 Å². The smallest absolute Gasteiger partial charge is 0.147 e. The summed E-state index contributed by atoms with van der Waals surface area (Å²) >= 11 is 11.0. The van der Waals surface area contributed by atoms with Gasteiger partial charge >= 0.3 is 0 Å². The van der Waals surface area contributed by atoms with Crippen molar-refractivity contribution in [1.29, 1.82) is 0 Å². The molecule has 0 unspecified atom stereocenters. The lowest BCUT2D eigenvalue weighted by molar-refractivity contribution is 0.668. The van der Waals surface area contributed by atoms with Gasteiger partial charge in [-0.25, -0.2) is 0 Å². The molecule has 0 aliphatic carbocycles. The van der Waals surface area contributed by atoms with Crippen molar-refractivity contribution in [3.8, 4) is 10.6 Å². The van der Waals surface area contributed by atoms with Crippen LogP contribution in [0.2, 0.25) is 5.02 Å². The van der Waals surface area contributed by atoms with E-state index in [1.807, 2.05) is 18.2 Å². The minimum absolute atomic E-state index is 0.702. The molecule has 0 saturated carbocycles. The molecule has 0 atom stereocenters. The Bertz CT molecular complexity index is 530. The summed E-state index contributed by atoms with van der Waals surface area (Å²) in [7, 11) is 0. The molecular formula is C12H13BrClN3S. The van der Waals surface area contributed by atoms with Gasteiger partial charge in [-0.1, -0.05) is 35.9 Å². The van der Waals surface area contributed by atoms with Crippen LogP contribution in [0, 0.1) is 0 Å². The van der Waals surface area contributed by atoms with E-state index in [4.69, 9.17) is 11.6 Å². The van der Waals surface area contributed by atoms with Crippen molar-refractivity contribution < 1.29 is 0 Å². The third-order valence-corrected chi connectivity index (χ3v) is 4.52. The van der Waals surface area contributed by atoms with Gasteiger partial charge in [0.2, 0.25) is 0 Å². The molecule has 1 aromatic carbocycles. The van der Waals surface area contributed by atoms with Gasteiger partial charge in [0.1, 0.15) is 10.0 Å². The second kappa shape index (κ2) is 6.61. The highest BCUT2D eigenvalue weighted by molar-refractivity contribution is 9.10. The molecule has 6 heteroatoms. The highest BCUT2D eigenvalue weighted by Crippen LogP contribution is 2.30. The van der Waals surface area contributed by atoms with E-state index in [1.54, 1.807) is 11.3 Å². The van der Waals surface area contributed by atoms with Crippen LogP contribution >= 0.6 is 38.9 Å². The Morgan fingerprint density at radius 3 is 2.94 bits per heavy atom. The van der Waals surface area contributed by atoms with Crippen molar-refractivity contribution in [2.45, 2.75) is 19.9 Å². The van der Waals surface area contributed by atoms with Gasteiger partial charge in [0, 0.05) is 16.6 Å². The molecule has 1 N–H and O–H groups in total. The van der Waals surface area contributed by atoms with Gasteiger partial charge in [-0.15, -0.1) is 10.2 Å².